The van der Waals surface area contributed by atoms with Crippen molar-refractivity contribution < 1.29 is 0 Å². The van der Waals surface area contributed by atoms with Gasteiger partial charge in [0.1, 0.15) is 5.82 Å². The molecule has 0 saturated heterocycles. The Balaban J connectivity index is 2.22. The molecule has 0 spiro atoms. The fourth-order valence-electron chi connectivity index (χ4n) is 2.42. The lowest BCUT2D eigenvalue weighted by atomic mass is 10.1. The SMILES string of the molecule is Cc1nc2c3c(cccc3n1)Sc1ccccc1-2. The van der Waals surface area contributed by atoms with Crippen LogP contribution in [0.1, 0.15) is 5.82 Å². The lowest BCUT2D eigenvalue weighted by Crippen LogP contribution is -1.99. The van der Waals surface area contributed by atoms with E-state index in [1.807, 2.05) is 6.92 Å². The molecule has 0 aliphatic carbocycles. The molecule has 2 nitrogen and oxygen atoms in total. The molecule has 18 heavy (non-hydrogen) atoms. The lowest BCUT2D eigenvalue weighted by molar-refractivity contribution is 1.08. The summed E-state index contributed by atoms with van der Waals surface area (Å²) in [6, 6.07) is 14.7. The molecule has 2 heterocycles. The van der Waals surface area contributed by atoms with Gasteiger partial charge in [-0.25, -0.2) is 9.97 Å². The summed E-state index contributed by atoms with van der Waals surface area (Å²) in [6.45, 7) is 1.95. The second-order valence-electron chi connectivity index (χ2n) is 4.37. The number of hydrogen-bond acceptors (Lipinski definition) is 3. The van der Waals surface area contributed by atoms with E-state index in [1.54, 1.807) is 11.8 Å². The van der Waals surface area contributed by atoms with Crippen molar-refractivity contribution in [3.05, 3.63) is 48.3 Å². The summed E-state index contributed by atoms with van der Waals surface area (Å²) in [5.41, 5.74) is 3.33. The first-order chi connectivity index (χ1) is 8.83. The normalized spacial score (nSPS) is 12.5. The van der Waals surface area contributed by atoms with Gasteiger partial charge in [-0.15, -0.1) is 0 Å². The summed E-state index contributed by atoms with van der Waals surface area (Å²) in [4.78, 5) is 11.7. The summed E-state index contributed by atoms with van der Waals surface area (Å²) in [5.74, 6) is 0.830. The molecular formula is C15H10N2S. The molecule has 0 atom stereocenters. The summed E-state index contributed by atoms with van der Waals surface area (Å²) in [7, 11) is 0. The molecule has 0 saturated carbocycles. The van der Waals surface area contributed by atoms with Crippen molar-refractivity contribution in [2.75, 3.05) is 0 Å². The summed E-state index contributed by atoms with van der Waals surface area (Å²) >= 11 is 1.80. The molecule has 1 aliphatic rings. The van der Waals surface area contributed by atoms with Gasteiger partial charge < -0.3 is 0 Å². The summed E-state index contributed by atoms with van der Waals surface area (Å²) in [6.07, 6.45) is 0. The molecule has 4 rings (SSSR count). The van der Waals surface area contributed by atoms with Crippen molar-refractivity contribution >= 4 is 22.7 Å². The third-order valence-electron chi connectivity index (χ3n) is 3.16. The fourth-order valence-corrected chi connectivity index (χ4v) is 3.53. The Labute approximate surface area is 109 Å². The minimum Gasteiger partial charge on any atom is -0.233 e. The number of hydrogen-bond donors (Lipinski definition) is 0. The Bertz CT molecular complexity index is 781. The number of benzene rings is 2. The Hall–Kier alpha value is -1.87. The van der Waals surface area contributed by atoms with Gasteiger partial charge in [0, 0.05) is 20.7 Å². The zero-order valence-corrected chi connectivity index (χ0v) is 10.7. The van der Waals surface area contributed by atoms with Crippen molar-refractivity contribution in [1.82, 2.24) is 9.97 Å². The maximum absolute atomic E-state index is 4.65. The standard InChI is InChI=1S/C15H10N2S/c1-9-16-11-6-4-8-13-14(11)15(17-9)10-5-2-3-7-12(10)18-13/h2-8H,1H3. The highest BCUT2D eigenvalue weighted by molar-refractivity contribution is 7.99. The second-order valence-corrected chi connectivity index (χ2v) is 5.45. The lowest BCUT2D eigenvalue weighted by Gasteiger charge is -2.18. The maximum atomic E-state index is 4.65. The Morgan fingerprint density at radius 1 is 0.889 bits per heavy atom. The van der Waals surface area contributed by atoms with Crippen LogP contribution in [0.2, 0.25) is 0 Å². The van der Waals surface area contributed by atoms with Crippen LogP contribution in [-0.4, -0.2) is 9.97 Å². The summed E-state index contributed by atoms with van der Waals surface area (Å²) < 4.78 is 0. The first-order valence-electron chi connectivity index (χ1n) is 5.87. The van der Waals surface area contributed by atoms with Crippen LogP contribution in [0.5, 0.6) is 0 Å². The highest BCUT2D eigenvalue weighted by atomic mass is 32.2. The van der Waals surface area contributed by atoms with Gasteiger partial charge in [-0.3, -0.25) is 0 Å². The quantitative estimate of drug-likeness (QED) is 0.470. The smallest absolute Gasteiger partial charge is 0.126 e. The van der Waals surface area contributed by atoms with E-state index in [0.717, 1.165) is 17.0 Å². The predicted octanol–water partition coefficient (Wildman–Crippen LogP) is 4.07. The van der Waals surface area contributed by atoms with Crippen LogP contribution in [0.25, 0.3) is 22.2 Å². The molecule has 3 aromatic rings. The largest absolute Gasteiger partial charge is 0.233 e. The van der Waals surface area contributed by atoms with E-state index in [0.29, 0.717) is 0 Å². The molecular weight excluding hydrogens is 240 g/mol. The van der Waals surface area contributed by atoms with Crippen LogP contribution in [-0.2, 0) is 0 Å². The van der Waals surface area contributed by atoms with E-state index in [4.69, 9.17) is 0 Å². The van der Waals surface area contributed by atoms with Crippen LogP contribution in [0.4, 0.5) is 0 Å². The Morgan fingerprint density at radius 3 is 2.67 bits per heavy atom. The highest BCUT2D eigenvalue weighted by Gasteiger charge is 2.20. The average molecular weight is 250 g/mol. The molecule has 0 amide bonds. The van der Waals surface area contributed by atoms with Gasteiger partial charge in [-0.05, 0) is 25.1 Å². The van der Waals surface area contributed by atoms with Crippen LogP contribution in [0.15, 0.2) is 52.3 Å². The molecule has 1 aliphatic heterocycles. The van der Waals surface area contributed by atoms with E-state index in [9.17, 15) is 0 Å². The molecule has 0 N–H and O–H groups in total. The molecule has 0 radical (unpaired) electrons. The number of rotatable bonds is 0. The van der Waals surface area contributed by atoms with Gasteiger partial charge in [-0.1, -0.05) is 36.0 Å². The number of aromatic nitrogens is 2. The van der Waals surface area contributed by atoms with Crippen molar-refractivity contribution in [3.8, 4) is 11.3 Å². The molecule has 1 aromatic heterocycles. The van der Waals surface area contributed by atoms with Crippen LogP contribution < -0.4 is 0 Å². The van der Waals surface area contributed by atoms with Gasteiger partial charge in [0.15, 0.2) is 0 Å². The van der Waals surface area contributed by atoms with Gasteiger partial charge in [0.25, 0.3) is 0 Å². The maximum Gasteiger partial charge on any atom is 0.126 e. The molecule has 0 bridgehead atoms. The minimum absolute atomic E-state index is 0.830. The van der Waals surface area contributed by atoms with Gasteiger partial charge in [0.2, 0.25) is 0 Å². The molecule has 86 valence electrons. The molecule has 3 heteroatoms. The van der Waals surface area contributed by atoms with Crippen molar-refractivity contribution in [3.63, 3.8) is 0 Å². The van der Waals surface area contributed by atoms with E-state index in [2.05, 4.69) is 52.4 Å². The first-order valence-corrected chi connectivity index (χ1v) is 6.69. The monoisotopic (exact) mass is 250 g/mol. The minimum atomic E-state index is 0.830. The topological polar surface area (TPSA) is 25.8 Å². The third-order valence-corrected chi connectivity index (χ3v) is 4.30. The van der Waals surface area contributed by atoms with Crippen molar-refractivity contribution in [1.29, 1.82) is 0 Å². The van der Waals surface area contributed by atoms with Gasteiger partial charge in [-0.2, -0.15) is 0 Å². The van der Waals surface area contributed by atoms with E-state index >= 15 is 0 Å². The zero-order valence-electron chi connectivity index (χ0n) is 9.84. The van der Waals surface area contributed by atoms with Crippen LogP contribution >= 0.6 is 11.8 Å². The van der Waals surface area contributed by atoms with Gasteiger partial charge in [0.05, 0.1) is 11.2 Å². The number of aryl methyl sites for hydroxylation is 1. The molecule has 2 aromatic carbocycles. The van der Waals surface area contributed by atoms with Crippen molar-refractivity contribution in [2.24, 2.45) is 0 Å². The molecule has 0 unspecified atom stereocenters. The van der Waals surface area contributed by atoms with E-state index < -0.39 is 0 Å². The highest BCUT2D eigenvalue weighted by Crippen LogP contribution is 2.46. The van der Waals surface area contributed by atoms with E-state index in [1.165, 1.54) is 20.7 Å². The number of fused-ring (bicyclic) bond motifs is 2. The van der Waals surface area contributed by atoms with Crippen LogP contribution in [0.3, 0.4) is 0 Å². The van der Waals surface area contributed by atoms with Crippen LogP contribution in [0, 0.1) is 6.92 Å². The third kappa shape index (κ3) is 1.31. The fraction of sp³-hybridized carbons (Fsp3) is 0.0667. The first kappa shape index (κ1) is 10.1. The predicted molar refractivity (Wildman–Crippen MR) is 73.8 cm³/mol. The second kappa shape index (κ2) is 3.56. The molecule has 0 fully saturated rings. The summed E-state index contributed by atoms with van der Waals surface area (Å²) in [5, 5.41) is 1.19. The average Bonchev–Trinajstić information content (AvgIpc) is 2.38. The van der Waals surface area contributed by atoms with Crippen molar-refractivity contribution in [2.45, 2.75) is 16.7 Å². The number of nitrogens with zero attached hydrogens (tertiary/aromatic N) is 2. The van der Waals surface area contributed by atoms with E-state index in [-0.39, 0.29) is 0 Å². The Kier molecular flexibility index (Phi) is 2.00. The zero-order chi connectivity index (χ0) is 12.1. The van der Waals surface area contributed by atoms with Gasteiger partial charge >= 0.3 is 0 Å². The Morgan fingerprint density at radius 2 is 1.72 bits per heavy atom.